The molecule has 0 aliphatic heterocycles. The van der Waals surface area contributed by atoms with Crippen LogP contribution >= 0.6 is 22.7 Å². The van der Waals surface area contributed by atoms with Gasteiger partial charge in [0.1, 0.15) is 5.69 Å². The van der Waals surface area contributed by atoms with Crippen LogP contribution in [0.3, 0.4) is 0 Å². The Kier molecular flexibility index (Phi) is 4.13. The van der Waals surface area contributed by atoms with Gasteiger partial charge in [-0.3, -0.25) is 10.1 Å². The Bertz CT molecular complexity index is 1120. The molecule has 8 nitrogen and oxygen atoms in total. The van der Waals surface area contributed by atoms with Crippen LogP contribution in [0.4, 0.5) is 5.13 Å². The molecule has 0 aliphatic carbocycles. The largest absolute Gasteiger partial charge is 0.481 e. The smallest absolute Gasteiger partial charge is 0.320 e. The number of aromatic nitrogens is 4. The number of fused-ring (bicyclic) bond motifs is 3. The number of hydrogen-bond acceptors (Lipinski definition) is 9. The molecular formula is C16H13N5O3S2. The lowest BCUT2D eigenvalue weighted by molar-refractivity contribution is 0.102. The highest BCUT2D eigenvalue weighted by Crippen LogP contribution is 2.35. The normalized spacial score (nSPS) is 11.0. The fourth-order valence-electron chi connectivity index (χ4n) is 2.41. The van der Waals surface area contributed by atoms with Gasteiger partial charge in [0.15, 0.2) is 5.13 Å². The van der Waals surface area contributed by atoms with E-state index < -0.39 is 5.91 Å². The Labute approximate surface area is 155 Å². The molecule has 132 valence electrons. The average Bonchev–Trinajstić information content (AvgIpc) is 3.22. The SMILES string of the molecule is COc1cc(C(=O)Nc2nc3ccc4nc(C)sc4c3s2)nc(OC)n1. The lowest BCUT2D eigenvalue weighted by atomic mass is 10.3. The van der Waals surface area contributed by atoms with Crippen LogP contribution in [0.2, 0.25) is 0 Å². The minimum absolute atomic E-state index is 0.0562. The van der Waals surface area contributed by atoms with Crippen molar-refractivity contribution in [3.63, 3.8) is 0 Å². The van der Waals surface area contributed by atoms with Crippen molar-refractivity contribution in [1.82, 2.24) is 19.9 Å². The molecule has 1 aromatic carbocycles. The highest BCUT2D eigenvalue weighted by Gasteiger charge is 2.16. The summed E-state index contributed by atoms with van der Waals surface area (Å²) in [6, 6.07) is 5.34. The second-order valence-electron chi connectivity index (χ2n) is 5.25. The first-order valence-corrected chi connectivity index (χ1v) is 9.16. The molecule has 0 saturated heterocycles. The molecule has 0 aliphatic rings. The number of benzene rings is 1. The molecule has 1 N–H and O–H groups in total. The fraction of sp³-hybridized carbons (Fsp3) is 0.188. The minimum atomic E-state index is -0.417. The van der Waals surface area contributed by atoms with Crippen molar-refractivity contribution in [3.8, 4) is 11.9 Å². The monoisotopic (exact) mass is 387 g/mol. The molecule has 3 heterocycles. The summed E-state index contributed by atoms with van der Waals surface area (Å²) < 4.78 is 12.1. The summed E-state index contributed by atoms with van der Waals surface area (Å²) in [7, 11) is 2.88. The van der Waals surface area contributed by atoms with Crippen LogP contribution in [0.5, 0.6) is 11.9 Å². The van der Waals surface area contributed by atoms with Crippen LogP contribution < -0.4 is 14.8 Å². The third kappa shape index (κ3) is 2.93. The molecule has 0 atom stereocenters. The van der Waals surface area contributed by atoms with E-state index >= 15 is 0 Å². The second-order valence-corrected chi connectivity index (χ2v) is 7.45. The Morgan fingerprint density at radius 3 is 2.46 bits per heavy atom. The lowest BCUT2D eigenvalue weighted by Gasteiger charge is -2.05. The number of carbonyl (C=O) groups is 1. The summed E-state index contributed by atoms with van der Waals surface area (Å²) in [4.78, 5) is 29.5. The number of anilines is 1. The van der Waals surface area contributed by atoms with Crippen LogP contribution in [0, 0.1) is 6.92 Å². The van der Waals surface area contributed by atoms with Crippen molar-refractivity contribution in [3.05, 3.63) is 28.9 Å². The maximum absolute atomic E-state index is 12.5. The van der Waals surface area contributed by atoms with Crippen LogP contribution in [0.25, 0.3) is 20.4 Å². The maximum atomic E-state index is 12.5. The Morgan fingerprint density at radius 1 is 1.00 bits per heavy atom. The Hall–Kier alpha value is -2.85. The number of nitrogens with one attached hydrogen (secondary N) is 1. The van der Waals surface area contributed by atoms with E-state index in [4.69, 9.17) is 9.47 Å². The molecular weight excluding hydrogens is 374 g/mol. The van der Waals surface area contributed by atoms with Gasteiger partial charge in [-0.25, -0.2) is 9.97 Å². The summed E-state index contributed by atoms with van der Waals surface area (Å²) >= 11 is 3.02. The Balaban J connectivity index is 1.68. The summed E-state index contributed by atoms with van der Waals surface area (Å²) in [5.74, 6) is -0.173. The van der Waals surface area contributed by atoms with E-state index in [1.54, 1.807) is 11.3 Å². The third-order valence-electron chi connectivity index (χ3n) is 3.55. The summed E-state index contributed by atoms with van der Waals surface area (Å²) in [6.45, 7) is 1.97. The van der Waals surface area contributed by atoms with Crippen molar-refractivity contribution < 1.29 is 14.3 Å². The molecule has 0 saturated carbocycles. The maximum Gasteiger partial charge on any atom is 0.320 e. The van der Waals surface area contributed by atoms with Crippen molar-refractivity contribution in [2.24, 2.45) is 0 Å². The number of aryl methyl sites for hydroxylation is 1. The topological polar surface area (TPSA) is 99.1 Å². The number of ether oxygens (including phenoxy) is 2. The molecule has 1 amide bonds. The van der Waals surface area contributed by atoms with Gasteiger partial charge in [-0.05, 0) is 19.1 Å². The van der Waals surface area contributed by atoms with E-state index in [0.29, 0.717) is 5.13 Å². The number of carbonyl (C=O) groups excluding carboxylic acids is 1. The number of nitrogens with zero attached hydrogens (tertiary/aromatic N) is 4. The summed E-state index contributed by atoms with van der Waals surface area (Å²) in [5.41, 5.74) is 1.89. The molecule has 0 fully saturated rings. The van der Waals surface area contributed by atoms with Gasteiger partial charge < -0.3 is 9.47 Å². The van der Waals surface area contributed by atoms with E-state index in [0.717, 1.165) is 25.4 Å². The van der Waals surface area contributed by atoms with Crippen LogP contribution in [-0.2, 0) is 0 Å². The lowest BCUT2D eigenvalue weighted by Crippen LogP contribution is -2.14. The molecule has 26 heavy (non-hydrogen) atoms. The fourth-order valence-corrected chi connectivity index (χ4v) is 4.42. The zero-order valence-electron chi connectivity index (χ0n) is 14.1. The molecule has 0 unspecified atom stereocenters. The van der Waals surface area contributed by atoms with Gasteiger partial charge in [0.2, 0.25) is 5.88 Å². The summed E-state index contributed by atoms with van der Waals surface area (Å²) in [6.07, 6.45) is 0. The molecule has 4 rings (SSSR count). The molecule has 0 spiro atoms. The van der Waals surface area contributed by atoms with Gasteiger partial charge in [-0.2, -0.15) is 9.97 Å². The van der Waals surface area contributed by atoms with E-state index in [2.05, 4.69) is 25.3 Å². The van der Waals surface area contributed by atoms with Crippen molar-refractivity contribution in [2.45, 2.75) is 6.92 Å². The minimum Gasteiger partial charge on any atom is -0.481 e. The first-order valence-electron chi connectivity index (χ1n) is 7.52. The van der Waals surface area contributed by atoms with Crippen LogP contribution in [0.15, 0.2) is 18.2 Å². The third-order valence-corrected chi connectivity index (χ3v) is 5.68. The highest BCUT2D eigenvalue weighted by molar-refractivity contribution is 7.28. The number of amides is 1. The molecule has 0 bridgehead atoms. The van der Waals surface area contributed by atoms with E-state index in [1.165, 1.54) is 31.6 Å². The number of rotatable bonds is 4. The first-order chi connectivity index (χ1) is 12.6. The predicted molar refractivity (Wildman–Crippen MR) is 101 cm³/mol. The number of hydrogen-bond donors (Lipinski definition) is 1. The van der Waals surface area contributed by atoms with Gasteiger partial charge >= 0.3 is 6.01 Å². The standard InChI is InChI=1S/C16H13N5O3S2/c1-7-17-8-4-5-9-13(12(8)25-7)26-16(19-9)21-14(22)10-6-11(23-2)20-15(18-10)24-3/h4-6H,1-3H3,(H,19,21,22). The van der Waals surface area contributed by atoms with Crippen molar-refractivity contribution in [2.75, 3.05) is 19.5 Å². The number of methoxy groups -OCH3 is 2. The van der Waals surface area contributed by atoms with Crippen molar-refractivity contribution in [1.29, 1.82) is 0 Å². The average molecular weight is 387 g/mol. The number of thiazole rings is 2. The van der Waals surface area contributed by atoms with Gasteiger partial charge in [-0.15, -0.1) is 11.3 Å². The van der Waals surface area contributed by atoms with Gasteiger partial charge in [0.05, 0.1) is 39.7 Å². The van der Waals surface area contributed by atoms with Crippen LogP contribution in [0.1, 0.15) is 15.5 Å². The zero-order valence-corrected chi connectivity index (χ0v) is 15.7. The molecule has 10 heteroatoms. The highest BCUT2D eigenvalue weighted by atomic mass is 32.1. The zero-order chi connectivity index (χ0) is 18.3. The second kappa shape index (κ2) is 6.46. The Morgan fingerprint density at radius 2 is 1.73 bits per heavy atom. The van der Waals surface area contributed by atoms with Gasteiger partial charge in [0, 0.05) is 6.07 Å². The quantitative estimate of drug-likeness (QED) is 0.574. The van der Waals surface area contributed by atoms with Gasteiger partial charge in [0.25, 0.3) is 5.91 Å². The van der Waals surface area contributed by atoms with Crippen LogP contribution in [-0.4, -0.2) is 40.1 Å². The van der Waals surface area contributed by atoms with Gasteiger partial charge in [-0.1, -0.05) is 11.3 Å². The first kappa shape index (κ1) is 16.6. The molecule has 4 aromatic rings. The van der Waals surface area contributed by atoms with E-state index in [1.807, 2.05) is 19.1 Å². The van der Waals surface area contributed by atoms with E-state index in [-0.39, 0.29) is 17.6 Å². The summed E-state index contributed by atoms with van der Waals surface area (Å²) in [5, 5.41) is 4.25. The molecule has 0 radical (unpaired) electrons. The van der Waals surface area contributed by atoms with E-state index in [9.17, 15) is 4.79 Å². The predicted octanol–water partition coefficient (Wildman–Crippen LogP) is 3.27. The van der Waals surface area contributed by atoms with Crippen molar-refractivity contribution >= 4 is 54.1 Å². The molecule has 3 aromatic heterocycles.